The molecular weight excluding hydrogens is 242 g/mol. The van der Waals surface area contributed by atoms with Crippen LogP contribution in [-0.2, 0) is 11.1 Å². The highest BCUT2D eigenvalue weighted by molar-refractivity contribution is 5.27. The van der Waals surface area contributed by atoms with E-state index in [0.29, 0.717) is 0 Å². The van der Waals surface area contributed by atoms with Crippen LogP contribution in [0.25, 0.3) is 0 Å². The summed E-state index contributed by atoms with van der Waals surface area (Å²) >= 11 is 0. The second-order valence-corrected chi connectivity index (χ2v) is 3.98. The summed E-state index contributed by atoms with van der Waals surface area (Å²) in [6.07, 6.45) is -4.07. The van der Waals surface area contributed by atoms with Crippen LogP contribution in [-0.4, -0.2) is 44.0 Å². The first-order valence-electron chi connectivity index (χ1n) is 10.3. The number of benzene rings is 1. The standard InChI is InChI=1S/C15H25NO3/c1-12(2)16-10-14(17)11-19-15-6-4-13(5-7-15)8-9-18-3/h4-7,12,14,16-17H,8-11H2,1-3H3/i4D,5D,6D,7D,8D2,9D2,12D. The Hall–Kier alpha value is -1.10. The predicted molar refractivity (Wildman–Crippen MR) is 76.7 cm³/mol. The van der Waals surface area contributed by atoms with Crippen molar-refractivity contribution in [3.05, 3.63) is 29.7 Å². The van der Waals surface area contributed by atoms with E-state index < -0.39 is 60.5 Å². The van der Waals surface area contributed by atoms with Gasteiger partial charge in [-0.05, 0) is 24.0 Å². The number of hydrogen-bond donors (Lipinski definition) is 2. The lowest BCUT2D eigenvalue weighted by molar-refractivity contribution is 0.104. The molecule has 19 heavy (non-hydrogen) atoms. The first-order chi connectivity index (χ1) is 12.6. The molecule has 0 aliphatic carbocycles. The molecule has 1 atom stereocenters. The number of aliphatic hydroxyl groups is 1. The third kappa shape index (κ3) is 7.15. The molecule has 0 radical (unpaired) electrons. The Morgan fingerprint density at radius 1 is 1.42 bits per heavy atom. The number of ether oxygens (including phenoxy) is 2. The Morgan fingerprint density at radius 3 is 2.68 bits per heavy atom. The number of hydrogen-bond acceptors (Lipinski definition) is 4. The lowest BCUT2D eigenvalue weighted by Gasteiger charge is -2.15. The molecule has 4 heteroatoms. The van der Waals surface area contributed by atoms with Gasteiger partial charge in [0.1, 0.15) is 18.5 Å². The molecule has 108 valence electrons. The monoisotopic (exact) mass is 276 g/mol. The van der Waals surface area contributed by atoms with Gasteiger partial charge in [-0.15, -0.1) is 0 Å². The van der Waals surface area contributed by atoms with Crippen molar-refractivity contribution >= 4 is 0 Å². The molecule has 0 aliphatic heterocycles. The molecule has 0 saturated carbocycles. The highest BCUT2D eigenvalue weighted by Crippen LogP contribution is 2.12. The summed E-state index contributed by atoms with van der Waals surface area (Å²) in [7, 11) is 0.930. The van der Waals surface area contributed by atoms with E-state index in [-0.39, 0.29) is 13.2 Å². The molecule has 0 heterocycles. The average Bonchev–Trinajstić information content (AvgIpc) is 2.57. The summed E-state index contributed by atoms with van der Waals surface area (Å²) in [5, 5.41) is 12.6. The molecule has 0 spiro atoms. The fourth-order valence-electron chi connectivity index (χ4n) is 1.10. The van der Waals surface area contributed by atoms with E-state index >= 15 is 0 Å². The van der Waals surface area contributed by atoms with Crippen LogP contribution in [0.2, 0.25) is 0 Å². The minimum atomic E-state index is -2.97. The van der Waals surface area contributed by atoms with Crippen molar-refractivity contribution in [1.82, 2.24) is 5.32 Å². The summed E-state index contributed by atoms with van der Waals surface area (Å²) in [5.74, 6) is -0.489. The molecule has 1 unspecified atom stereocenters. The van der Waals surface area contributed by atoms with E-state index in [1.807, 2.05) is 0 Å². The minimum Gasteiger partial charge on any atom is -0.491 e. The van der Waals surface area contributed by atoms with Crippen LogP contribution in [0.15, 0.2) is 24.2 Å². The Labute approximate surface area is 128 Å². The van der Waals surface area contributed by atoms with Gasteiger partial charge in [0.2, 0.25) is 0 Å². The van der Waals surface area contributed by atoms with Crippen molar-refractivity contribution < 1.29 is 26.9 Å². The third-order valence-corrected chi connectivity index (χ3v) is 1.99. The summed E-state index contributed by atoms with van der Waals surface area (Å²) in [4.78, 5) is 0. The second-order valence-electron chi connectivity index (χ2n) is 3.98. The highest BCUT2D eigenvalue weighted by atomic mass is 16.5. The van der Waals surface area contributed by atoms with Crippen LogP contribution < -0.4 is 10.1 Å². The van der Waals surface area contributed by atoms with Gasteiger partial charge in [0.05, 0.1) is 14.8 Å². The Balaban J connectivity index is 3.20. The van der Waals surface area contributed by atoms with Gasteiger partial charge in [-0.3, -0.25) is 0 Å². The zero-order valence-electron chi connectivity index (χ0n) is 20.3. The fraction of sp³-hybridized carbons (Fsp3) is 0.600. The molecule has 0 saturated heterocycles. The van der Waals surface area contributed by atoms with Gasteiger partial charge in [-0.2, -0.15) is 0 Å². The summed E-state index contributed by atoms with van der Waals surface area (Å²) in [5.41, 5.74) is -0.792. The SMILES string of the molecule is [2H]c1c([2H])c(C([2H])([2H])C([2H])([2H])OC)c([2H])c([2H])c1OCC(O)CNC([2H])(C)C. The van der Waals surface area contributed by atoms with E-state index in [0.717, 1.165) is 7.11 Å². The van der Waals surface area contributed by atoms with Crippen molar-refractivity contribution in [3.8, 4) is 5.75 Å². The van der Waals surface area contributed by atoms with Crippen LogP contribution in [0.3, 0.4) is 0 Å². The minimum absolute atomic E-state index is 0.00664. The van der Waals surface area contributed by atoms with Crippen molar-refractivity contribution in [3.63, 3.8) is 0 Å². The zero-order chi connectivity index (χ0) is 22.1. The van der Waals surface area contributed by atoms with Crippen LogP contribution in [0.1, 0.15) is 31.7 Å². The van der Waals surface area contributed by atoms with Crippen molar-refractivity contribution in [2.75, 3.05) is 26.8 Å². The Kier molecular flexibility index (Phi) is 3.31. The van der Waals surface area contributed by atoms with Crippen molar-refractivity contribution in [2.45, 2.75) is 32.3 Å². The van der Waals surface area contributed by atoms with Gasteiger partial charge in [-0.25, -0.2) is 0 Å². The van der Waals surface area contributed by atoms with Crippen LogP contribution >= 0.6 is 0 Å². The van der Waals surface area contributed by atoms with E-state index in [4.69, 9.17) is 17.1 Å². The highest BCUT2D eigenvalue weighted by Gasteiger charge is 2.05. The Bertz CT molecular complexity index is 678. The maximum atomic E-state index is 9.90. The van der Waals surface area contributed by atoms with Gasteiger partial charge in [-0.1, -0.05) is 25.9 Å². The van der Waals surface area contributed by atoms with Crippen molar-refractivity contribution in [2.24, 2.45) is 0 Å². The molecule has 1 aromatic carbocycles. The van der Waals surface area contributed by atoms with E-state index in [1.54, 1.807) is 13.8 Å². The largest absolute Gasteiger partial charge is 0.491 e. The summed E-state index contributed by atoms with van der Waals surface area (Å²) in [6, 6.07) is -4.00. The van der Waals surface area contributed by atoms with Gasteiger partial charge in [0, 0.05) is 23.8 Å². The molecule has 0 aromatic heterocycles. The molecule has 0 fully saturated rings. The predicted octanol–water partition coefficient (Wildman–Crippen LogP) is 1.61. The average molecular weight is 276 g/mol. The number of methoxy groups -OCH3 is 1. The molecule has 1 rings (SSSR count). The zero-order valence-corrected chi connectivity index (χ0v) is 11.3. The third-order valence-electron chi connectivity index (χ3n) is 1.99. The van der Waals surface area contributed by atoms with Gasteiger partial charge in [0.15, 0.2) is 0 Å². The van der Waals surface area contributed by atoms with E-state index in [2.05, 4.69) is 10.1 Å². The lowest BCUT2D eigenvalue weighted by Crippen LogP contribution is -2.35. The topological polar surface area (TPSA) is 50.7 Å². The number of aliphatic hydroxyl groups excluding tert-OH is 1. The quantitative estimate of drug-likeness (QED) is 0.719. The maximum Gasteiger partial charge on any atom is 0.119 e. The van der Waals surface area contributed by atoms with E-state index in [9.17, 15) is 5.11 Å². The molecule has 2 N–H and O–H groups in total. The molecule has 0 aliphatic rings. The second kappa shape index (κ2) is 8.91. The van der Waals surface area contributed by atoms with Crippen molar-refractivity contribution in [1.29, 1.82) is 0 Å². The first kappa shape index (κ1) is 7.07. The summed E-state index contributed by atoms with van der Waals surface area (Å²) < 4.78 is 80.5. The fourth-order valence-corrected chi connectivity index (χ4v) is 1.10. The van der Waals surface area contributed by atoms with Crippen LogP contribution in [0, 0.1) is 0 Å². The number of nitrogens with one attached hydrogen (secondary N) is 1. The van der Waals surface area contributed by atoms with E-state index in [1.165, 1.54) is 0 Å². The maximum absolute atomic E-state index is 9.90. The smallest absolute Gasteiger partial charge is 0.119 e. The Morgan fingerprint density at radius 2 is 2.11 bits per heavy atom. The van der Waals surface area contributed by atoms with Gasteiger partial charge < -0.3 is 19.9 Å². The summed E-state index contributed by atoms with van der Waals surface area (Å²) in [6.45, 7) is -0.133. The normalized spacial score (nSPS) is 21.6. The first-order valence-corrected chi connectivity index (χ1v) is 5.78. The van der Waals surface area contributed by atoms with Gasteiger partial charge >= 0.3 is 0 Å². The molecular formula is C15H25NO3. The molecule has 4 nitrogen and oxygen atoms in total. The van der Waals surface area contributed by atoms with Gasteiger partial charge in [0.25, 0.3) is 0 Å². The molecule has 0 amide bonds. The van der Waals surface area contributed by atoms with Crippen LogP contribution in [0.4, 0.5) is 0 Å². The molecule has 0 bridgehead atoms. The van der Waals surface area contributed by atoms with Crippen LogP contribution in [0.5, 0.6) is 5.75 Å². The number of rotatable bonds is 9. The lowest BCUT2D eigenvalue weighted by atomic mass is 10.1. The molecule has 1 aromatic rings.